The zero-order valence-corrected chi connectivity index (χ0v) is 12.5. The Morgan fingerprint density at radius 2 is 2.00 bits per heavy atom. The topological polar surface area (TPSA) is 12.0 Å². The van der Waals surface area contributed by atoms with E-state index in [0.29, 0.717) is 17.9 Å². The monoisotopic (exact) mass is 263 g/mol. The van der Waals surface area contributed by atoms with E-state index in [0.717, 1.165) is 17.2 Å². The van der Waals surface area contributed by atoms with Crippen molar-refractivity contribution < 1.29 is 4.39 Å². The SMILES string of the molecule is Cc1c(F)cccc1NC1CC(C)CCC1C(C)C. The van der Waals surface area contributed by atoms with Crippen molar-refractivity contribution in [1.29, 1.82) is 0 Å². The zero-order chi connectivity index (χ0) is 14.0. The van der Waals surface area contributed by atoms with E-state index in [-0.39, 0.29) is 5.82 Å². The molecule has 19 heavy (non-hydrogen) atoms. The summed E-state index contributed by atoms with van der Waals surface area (Å²) in [6.45, 7) is 8.78. The summed E-state index contributed by atoms with van der Waals surface area (Å²) in [5.74, 6) is 2.02. The number of hydrogen-bond donors (Lipinski definition) is 1. The normalized spacial score (nSPS) is 27.6. The predicted molar refractivity (Wildman–Crippen MR) is 79.9 cm³/mol. The fourth-order valence-electron chi connectivity index (χ4n) is 3.33. The third-order valence-corrected chi connectivity index (χ3v) is 4.63. The molecule has 1 fully saturated rings. The Bertz CT molecular complexity index is 427. The molecule has 2 heteroatoms. The summed E-state index contributed by atoms with van der Waals surface area (Å²) in [4.78, 5) is 0. The lowest BCUT2D eigenvalue weighted by molar-refractivity contribution is 0.212. The van der Waals surface area contributed by atoms with Crippen LogP contribution >= 0.6 is 0 Å². The summed E-state index contributed by atoms with van der Waals surface area (Å²) in [6.07, 6.45) is 3.80. The summed E-state index contributed by atoms with van der Waals surface area (Å²) < 4.78 is 13.6. The number of benzene rings is 1. The zero-order valence-electron chi connectivity index (χ0n) is 12.5. The van der Waals surface area contributed by atoms with Gasteiger partial charge in [-0.1, -0.05) is 33.3 Å². The lowest BCUT2D eigenvalue weighted by atomic mass is 9.74. The first-order chi connectivity index (χ1) is 8.99. The van der Waals surface area contributed by atoms with E-state index in [9.17, 15) is 4.39 Å². The standard InChI is InChI=1S/C17H26FN/c1-11(2)14-9-8-12(3)10-17(14)19-16-7-5-6-15(18)13(16)4/h5-7,11-12,14,17,19H,8-10H2,1-4H3. The number of halogens is 1. The maximum atomic E-state index is 13.6. The van der Waals surface area contributed by atoms with Gasteiger partial charge >= 0.3 is 0 Å². The molecule has 3 unspecified atom stereocenters. The molecule has 1 saturated carbocycles. The van der Waals surface area contributed by atoms with E-state index < -0.39 is 0 Å². The van der Waals surface area contributed by atoms with Gasteiger partial charge in [-0.3, -0.25) is 0 Å². The number of rotatable bonds is 3. The highest BCUT2D eigenvalue weighted by atomic mass is 19.1. The van der Waals surface area contributed by atoms with Crippen LogP contribution in [0.4, 0.5) is 10.1 Å². The smallest absolute Gasteiger partial charge is 0.128 e. The molecule has 0 amide bonds. The molecule has 0 radical (unpaired) electrons. The van der Waals surface area contributed by atoms with Crippen LogP contribution < -0.4 is 5.32 Å². The fraction of sp³-hybridized carbons (Fsp3) is 0.647. The Morgan fingerprint density at radius 3 is 2.68 bits per heavy atom. The average molecular weight is 263 g/mol. The molecule has 0 bridgehead atoms. The van der Waals surface area contributed by atoms with Crippen LogP contribution in [0.15, 0.2) is 18.2 Å². The minimum absolute atomic E-state index is 0.116. The van der Waals surface area contributed by atoms with E-state index in [1.807, 2.05) is 13.0 Å². The summed E-state index contributed by atoms with van der Waals surface area (Å²) in [5.41, 5.74) is 1.70. The number of nitrogens with one attached hydrogen (secondary N) is 1. The Balaban J connectivity index is 2.16. The van der Waals surface area contributed by atoms with Gasteiger partial charge in [-0.2, -0.15) is 0 Å². The van der Waals surface area contributed by atoms with Crippen molar-refractivity contribution in [3.63, 3.8) is 0 Å². The van der Waals surface area contributed by atoms with E-state index in [1.165, 1.54) is 25.3 Å². The third-order valence-electron chi connectivity index (χ3n) is 4.63. The quantitative estimate of drug-likeness (QED) is 0.808. The molecular weight excluding hydrogens is 237 g/mol. The molecule has 0 aliphatic heterocycles. The summed E-state index contributed by atoms with van der Waals surface area (Å²) >= 11 is 0. The van der Waals surface area contributed by atoms with E-state index in [4.69, 9.17) is 0 Å². The van der Waals surface area contributed by atoms with Gasteiger partial charge in [0.15, 0.2) is 0 Å². The third kappa shape index (κ3) is 3.29. The highest BCUT2D eigenvalue weighted by molar-refractivity contribution is 5.51. The largest absolute Gasteiger partial charge is 0.382 e. The summed E-state index contributed by atoms with van der Waals surface area (Å²) in [6, 6.07) is 5.80. The van der Waals surface area contributed by atoms with Crippen LogP contribution in [0.5, 0.6) is 0 Å². The number of hydrogen-bond acceptors (Lipinski definition) is 1. The minimum atomic E-state index is -0.116. The minimum Gasteiger partial charge on any atom is -0.382 e. The molecule has 1 nitrogen and oxygen atoms in total. The van der Waals surface area contributed by atoms with Crippen LogP contribution in [0.2, 0.25) is 0 Å². The van der Waals surface area contributed by atoms with Crippen molar-refractivity contribution in [3.05, 3.63) is 29.6 Å². The molecule has 2 rings (SSSR count). The highest BCUT2D eigenvalue weighted by Crippen LogP contribution is 2.35. The predicted octanol–water partition coefficient (Wildman–Crippen LogP) is 5.01. The first-order valence-electron chi connectivity index (χ1n) is 7.50. The van der Waals surface area contributed by atoms with E-state index in [2.05, 4.69) is 26.1 Å². The maximum Gasteiger partial charge on any atom is 0.128 e. The molecule has 1 aliphatic carbocycles. The second kappa shape index (κ2) is 5.94. The molecule has 0 spiro atoms. The van der Waals surface area contributed by atoms with Gasteiger partial charge in [0.05, 0.1) is 0 Å². The van der Waals surface area contributed by atoms with Crippen molar-refractivity contribution in [3.8, 4) is 0 Å². The van der Waals surface area contributed by atoms with Crippen molar-refractivity contribution in [1.82, 2.24) is 0 Å². The molecule has 0 saturated heterocycles. The lowest BCUT2D eigenvalue weighted by Gasteiger charge is -2.38. The van der Waals surface area contributed by atoms with Crippen LogP contribution in [0.3, 0.4) is 0 Å². The highest BCUT2D eigenvalue weighted by Gasteiger charge is 2.30. The van der Waals surface area contributed by atoms with Crippen molar-refractivity contribution in [2.45, 2.75) is 53.0 Å². The molecule has 106 valence electrons. The van der Waals surface area contributed by atoms with Crippen LogP contribution in [0, 0.1) is 30.5 Å². The van der Waals surface area contributed by atoms with Gasteiger partial charge < -0.3 is 5.32 Å². The van der Waals surface area contributed by atoms with Crippen molar-refractivity contribution in [2.75, 3.05) is 5.32 Å². The van der Waals surface area contributed by atoms with E-state index in [1.54, 1.807) is 6.07 Å². The molecule has 3 atom stereocenters. The Labute approximate surface area is 116 Å². The van der Waals surface area contributed by atoms with Gasteiger partial charge in [-0.25, -0.2) is 4.39 Å². The summed E-state index contributed by atoms with van der Waals surface area (Å²) in [5, 5.41) is 3.61. The van der Waals surface area contributed by atoms with E-state index >= 15 is 0 Å². The summed E-state index contributed by atoms with van der Waals surface area (Å²) in [7, 11) is 0. The Kier molecular flexibility index (Phi) is 4.49. The maximum absolute atomic E-state index is 13.6. The molecule has 0 aromatic heterocycles. The first kappa shape index (κ1) is 14.4. The van der Waals surface area contributed by atoms with Gasteiger partial charge in [0.1, 0.15) is 5.82 Å². The molecule has 0 heterocycles. The molecular formula is C17H26FN. The molecule has 1 aromatic carbocycles. The molecule has 1 N–H and O–H groups in total. The van der Waals surface area contributed by atoms with Gasteiger partial charge in [0.25, 0.3) is 0 Å². The number of anilines is 1. The van der Waals surface area contributed by atoms with Crippen LogP contribution in [-0.2, 0) is 0 Å². The fourth-order valence-corrected chi connectivity index (χ4v) is 3.33. The Morgan fingerprint density at radius 1 is 1.26 bits per heavy atom. The van der Waals surface area contributed by atoms with Gasteiger partial charge in [-0.15, -0.1) is 0 Å². The Hall–Kier alpha value is -1.05. The second-order valence-corrected chi connectivity index (χ2v) is 6.49. The van der Waals surface area contributed by atoms with Gasteiger partial charge in [0, 0.05) is 17.3 Å². The van der Waals surface area contributed by atoms with Gasteiger partial charge in [-0.05, 0) is 49.7 Å². The average Bonchev–Trinajstić information content (AvgIpc) is 2.35. The first-order valence-corrected chi connectivity index (χ1v) is 7.50. The molecule has 1 aromatic rings. The second-order valence-electron chi connectivity index (χ2n) is 6.49. The lowest BCUT2D eigenvalue weighted by Crippen LogP contribution is -2.38. The van der Waals surface area contributed by atoms with Crippen LogP contribution in [0.25, 0.3) is 0 Å². The van der Waals surface area contributed by atoms with Crippen LogP contribution in [0.1, 0.15) is 45.6 Å². The van der Waals surface area contributed by atoms with Crippen molar-refractivity contribution >= 4 is 5.69 Å². The van der Waals surface area contributed by atoms with Crippen molar-refractivity contribution in [2.24, 2.45) is 17.8 Å². The van der Waals surface area contributed by atoms with Crippen LogP contribution in [-0.4, -0.2) is 6.04 Å². The van der Waals surface area contributed by atoms with Gasteiger partial charge in [0.2, 0.25) is 0 Å². The molecule has 1 aliphatic rings.